The van der Waals surface area contributed by atoms with Crippen LogP contribution >= 0.6 is 0 Å². The molecule has 5 heterocycles. The molecular formula is C26H28F3N5O3. The molecule has 3 aromatic heterocycles. The van der Waals surface area contributed by atoms with Crippen LogP contribution in [0.3, 0.4) is 0 Å². The molecule has 196 valence electrons. The molecule has 1 amide bonds. The molecule has 1 unspecified atom stereocenters. The van der Waals surface area contributed by atoms with Gasteiger partial charge in [-0.3, -0.25) is 4.79 Å². The van der Waals surface area contributed by atoms with Gasteiger partial charge in [-0.05, 0) is 55.7 Å². The van der Waals surface area contributed by atoms with Crippen LogP contribution in [-0.4, -0.2) is 62.2 Å². The van der Waals surface area contributed by atoms with Crippen molar-refractivity contribution >= 4 is 17.6 Å². The first-order valence-corrected chi connectivity index (χ1v) is 11.9. The Morgan fingerprint density at radius 2 is 1.86 bits per heavy atom. The maximum atomic E-state index is 13.3. The molecule has 3 aromatic rings. The highest BCUT2D eigenvalue weighted by atomic mass is 19.4. The van der Waals surface area contributed by atoms with E-state index in [0.29, 0.717) is 24.7 Å². The van der Waals surface area contributed by atoms with Gasteiger partial charge >= 0.3 is 12.1 Å². The first kappa shape index (κ1) is 26.2. The summed E-state index contributed by atoms with van der Waals surface area (Å²) in [6.45, 7) is 8.67. The lowest BCUT2D eigenvalue weighted by Gasteiger charge is -2.47. The Labute approximate surface area is 212 Å². The van der Waals surface area contributed by atoms with E-state index in [1.165, 1.54) is 5.69 Å². The van der Waals surface area contributed by atoms with Gasteiger partial charge in [0.15, 0.2) is 5.82 Å². The average Bonchev–Trinajstić information content (AvgIpc) is 3.50. The maximum absolute atomic E-state index is 13.3. The van der Waals surface area contributed by atoms with Crippen LogP contribution < -0.4 is 4.90 Å². The van der Waals surface area contributed by atoms with E-state index in [-0.39, 0.29) is 11.4 Å². The summed E-state index contributed by atoms with van der Waals surface area (Å²) in [4.78, 5) is 35.8. The lowest BCUT2D eigenvalue weighted by molar-refractivity contribution is -0.192. The third-order valence-corrected chi connectivity index (χ3v) is 6.46. The summed E-state index contributed by atoms with van der Waals surface area (Å²) in [5.41, 5.74) is 3.47. The van der Waals surface area contributed by atoms with Crippen LogP contribution in [0.1, 0.15) is 42.1 Å². The van der Waals surface area contributed by atoms with Gasteiger partial charge in [0.05, 0.1) is 11.4 Å². The summed E-state index contributed by atoms with van der Waals surface area (Å²) in [7, 11) is 0. The van der Waals surface area contributed by atoms with E-state index in [2.05, 4.69) is 57.7 Å². The summed E-state index contributed by atoms with van der Waals surface area (Å²) in [5, 5.41) is 7.12. The molecule has 1 fully saturated rings. The van der Waals surface area contributed by atoms with E-state index in [4.69, 9.17) is 9.90 Å². The molecule has 1 saturated heterocycles. The number of carboxylic acid groups (broad SMARTS) is 1. The predicted molar refractivity (Wildman–Crippen MR) is 131 cm³/mol. The molecule has 0 bridgehead atoms. The number of carbonyl (C=O) groups is 2. The SMILES string of the molecule is Cc1cccc(C(=O)N2CCC3(C2)c2cccn2-c2ncccc2N3CC(C)C)n1.O=C(O)C(F)(F)F. The number of hydrogen-bond acceptors (Lipinski definition) is 5. The molecule has 1 N–H and O–H groups in total. The molecule has 1 atom stereocenters. The van der Waals surface area contributed by atoms with E-state index in [0.717, 1.165) is 30.2 Å². The number of nitrogens with zero attached hydrogens (tertiary/aromatic N) is 5. The quantitative estimate of drug-likeness (QED) is 0.555. The number of aromatic nitrogens is 3. The molecule has 11 heteroatoms. The van der Waals surface area contributed by atoms with Gasteiger partial charge in [-0.2, -0.15) is 13.2 Å². The lowest BCUT2D eigenvalue weighted by Crippen LogP contribution is -2.54. The molecule has 0 aliphatic carbocycles. The Kier molecular flexibility index (Phi) is 6.98. The molecular weight excluding hydrogens is 487 g/mol. The normalized spacial score (nSPS) is 18.4. The summed E-state index contributed by atoms with van der Waals surface area (Å²) < 4.78 is 33.9. The monoisotopic (exact) mass is 515 g/mol. The van der Waals surface area contributed by atoms with Gasteiger partial charge < -0.3 is 19.5 Å². The van der Waals surface area contributed by atoms with Crippen molar-refractivity contribution in [2.45, 2.75) is 38.9 Å². The molecule has 1 spiro atoms. The number of aliphatic carboxylic acids is 1. The number of hydrogen-bond donors (Lipinski definition) is 1. The molecule has 0 aromatic carbocycles. The van der Waals surface area contributed by atoms with E-state index in [9.17, 15) is 18.0 Å². The Hall–Kier alpha value is -3.89. The number of alkyl halides is 3. The Bertz CT molecular complexity index is 1310. The largest absolute Gasteiger partial charge is 0.490 e. The molecule has 37 heavy (non-hydrogen) atoms. The number of carbonyl (C=O) groups excluding carboxylic acids is 1. The van der Waals surface area contributed by atoms with Crippen molar-refractivity contribution in [3.63, 3.8) is 0 Å². The van der Waals surface area contributed by atoms with Gasteiger partial charge in [-0.1, -0.05) is 19.9 Å². The number of fused-ring (bicyclic) bond motifs is 4. The van der Waals surface area contributed by atoms with Gasteiger partial charge in [0.1, 0.15) is 11.2 Å². The highest BCUT2D eigenvalue weighted by molar-refractivity contribution is 5.92. The molecule has 2 aliphatic heterocycles. The number of pyridine rings is 2. The van der Waals surface area contributed by atoms with Gasteiger partial charge in [0.2, 0.25) is 0 Å². The number of amides is 1. The number of anilines is 1. The van der Waals surface area contributed by atoms with Crippen molar-refractivity contribution in [2.75, 3.05) is 24.5 Å². The van der Waals surface area contributed by atoms with Crippen molar-refractivity contribution in [3.05, 3.63) is 71.9 Å². The molecule has 8 nitrogen and oxygen atoms in total. The van der Waals surface area contributed by atoms with Crippen LogP contribution in [0.5, 0.6) is 0 Å². The van der Waals surface area contributed by atoms with Crippen LogP contribution in [0.15, 0.2) is 54.9 Å². The number of carboxylic acids is 1. The maximum Gasteiger partial charge on any atom is 0.490 e. The van der Waals surface area contributed by atoms with Crippen molar-refractivity contribution in [1.29, 1.82) is 0 Å². The third kappa shape index (κ3) is 5.03. The zero-order chi connectivity index (χ0) is 27.0. The first-order valence-electron chi connectivity index (χ1n) is 11.9. The fourth-order valence-corrected chi connectivity index (χ4v) is 4.96. The Morgan fingerprint density at radius 1 is 1.14 bits per heavy atom. The molecule has 0 saturated carbocycles. The first-order chi connectivity index (χ1) is 17.4. The van der Waals surface area contributed by atoms with Crippen LogP contribution in [0, 0.1) is 12.8 Å². The summed E-state index contributed by atoms with van der Waals surface area (Å²) in [6, 6.07) is 14.1. The van der Waals surface area contributed by atoms with Crippen molar-refractivity contribution in [3.8, 4) is 5.82 Å². The van der Waals surface area contributed by atoms with Crippen molar-refractivity contribution in [1.82, 2.24) is 19.4 Å². The highest BCUT2D eigenvalue weighted by Gasteiger charge is 2.51. The van der Waals surface area contributed by atoms with Crippen LogP contribution in [0.25, 0.3) is 5.82 Å². The third-order valence-electron chi connectivity index (χ3n) is 6.46. The van der Waals surface area contributed by atoms with Gasteiger partial charge in [0, 0.05) is 37.7 Å². The van der Waals surface area contributed by atoms with Crippen LogP contribution in [-0.2, 0) is 10.3 Å². The summed E-state index contributed by atoms with van der Waals surface area (Å²) in [5.74, 6) is -1.30. The van der Waals surface area contributed by atoms with Gasteiger partial charge in [-0.25, -0.2) is 14.8 Å². The number of likely N-dealkylation sites (tertiary alicyclic amines) is 1. The number of halogens is 3. The van der Waals surface area contributed by atoms with Crippen molar-refractivity contribution < 1.29 is 27.9 Å². The van der Waals surface area contributed by atoms with E-state index < -0.39 is 12.1 Å². The fraction of sp³-hybridized carbons (Fsp3) is 0.385. The highest BCUT2D eigenvalue weighted by Crippen LogP contribution is 2.47. The second kappa shape index (κ2) is 9.87. The smallest absolute Gasteiger partial charge is 0.475 e. The minimum Gasteiger partial charge on any atom is -0.475 e. The zero-order valence-corrected chi connectivity index (χ0v) is 20.7. The van der Waals surface area contributed by atoms with E-state index >= 15 is 0 Å². The zero-order valence-electron chi connectivity index (χ0n) is 20.7. The topological polar surface area (TPSA) is 91.6 Å². The van der Waals surface area contributed by atoms with E-state index in [1.54, 1.807) is 0 Å². The lowest BCUT2D eigenvalue weighted by atomic mass is 9.88. The average molecular weight is 516 g/mol. The molecule has 0 radical (unpaired) electrons. The van der Waals surface area contributed by atoms with Gasteiger partial charge in [0.25, 0.3) is 5.91 Å². The van der Waals surface area contributed by atoms with Crippen LogP contribution in [0.4, 0.5) is 18.9 Å². The standard InChI is InChI=1S/C24H27N5O.C2HF3O2/c1-17(2)15-29-20-9-5-12-25-22(20)28-13-6-10-21(28)24(29)11-14-27(16-24)23(30)19-8-4-7-18(3)26-19;3-2(4,5)1(6)7/h4-10,12-13,17H,11,14-16H2,1-3H3;(H,6,7). The molecule has 5 rings (SSSR count). The second-order valence-corrected chi connectivity index (χ2v) is 9.59. The Balaban J connectivity index is 0.000000405. The second-order valence-electron chi connectivity index (χ2n) is 9.59. The van der Waals surface area contributed by atoms with Crippen LogP contribution in [0.2, 0.25) is 0 Å². The molecule has 2 aliphatic rings. The minimum atomic E-state index is -5.08. The summed E-state index contributed by atoms with van der Waals surface area (Å²) in [6.07, 6.45) is -0.264. The minimum absolute atomic E-state index is 0.00941. The summed E-state index contributed by atoms with van der Waals surface area (Å²) >= 11 is 0. The van der Waals surface area contributed by atoms with Gasteiger partial charge in [-0.15, -0.1) is 0 Å². The van der Waals surface area contributed by atoms with Crippen molar-refractivity contribution in [2.24, 2.45) is 5.92 Å². The fourth-order valence-electron chi connectivity index (χ4n) is 4.96. The number of rotatable bonds is 3. The Morgan fingerprint density at radius 3 is 2.51 bits per heavy atom. The van der Waals surface area contributed by atoms with E-state index in [1.807, 2.05) is 42.3 Å². The number of aryl methyl sites for hydroxylation is 1. The predicted octanol–water partition coefficient (Wildman–Crippen LogP) is 4.43.